The Morgan fingerprint density at radius 1 is 1.16 bits per heavy atom. The number of hydrogen-bond donors (Lipinski definition) is 0. The molecule has 0 unspecified atom stereocenters. The Balaban J connectivity index is 1.47. The number of rotatable bonds is 6. The monoisotopic (exact) mass is 449 g/mol. The van der Waals surface area contributed by atoms with Gasteiger partial charge in [-0.3, -0.25) is 4.90 Å². The summed E-state index contributed by atoms with van der Waals surface area (Å²) < 4.78 is 57.0. The summed E-state index contributed by atoms with van der Waals surface area (Å²) in [7, 11) is 1.61. The second-order valence-electron chi connectivity index (χ2n) is 8.01. The van der Waals surface area contributed by atoms with Crippen molar-refractivity contribution in [1.29, 1.82) is 0 Å². The maximum atomic E-state index is 13.6. The Labute approximate surface area is 184 Å². The van der Waals surface area contributed by atoms with E-state index in [2.05, 4.69) is 15.0 Å². The van der Waals surface area contributed by atoms with Crippen LogP contribution in [0, 0.1) is 6.92 Å². The van der Waals surface area contributed by atoms with Crippen molar-refractivity contribution in [3.05, 3.63) is 46.8 Å². The molecule has 3 heterocycles. The Hall–Kier alpha value is -2.81. The van der Waals surface area contributed by atoms with E-state index in [0.717, 1.165) is 38.0 Å². The van der Waals surface area contributed by atoms with Gasteiger partial charge in [-0.05, 0) is 63.5 Å². The van der Waals surface area contributed by atoms with E-state index in [1.54, 1.807) is 7.11 Å². The van der Waals surface area contributed by atoms with E-state index < -0.39 is 11.7 Å². The molecule has 0 amide bonds. The van der Waals surface area contributed by atoms with Gasteiger partial charge in [0.05, 0.1) is 30.4 Å². The molecule has 3 aromatic rings. The lowest BCUT2D eigenvalue weighted by Crippen LogP contribution is -2.32. The maximum Gasteiger partial charge on any atom is 0.417 e. The lowest BCUT2D eigenvalue weighted by molar-refractivity contribution is -0.136. The molecule has 1 aromatic carbocycles. The molecule has 0 spiro atoms. The van der Waals surface area contributed by atoms with E-state index in [1.807, 2.05) is 25.1 Å². The van der Waals surface area contributed by atoms with Crippen LogP contribution in [0.5, 0.6) is 11.5 Å². The first-order chi connectivity index (χ1) is 15.3. The third-order valence-corrected chi connectivity index (χ3v) is 5.88. The fraction of sp³-hybridized carbons (Fsp3) is 0.478. The van der Waals surface area contributed by atoms with Gasteiger partial charge >= 0.3 is 6.18 Å². The minimum atomic E-state index is -4.49. The number of benzene rings is 1. The van der Waals surface area contributed by atoms with Crippen molar-refractivity contribution in [2.24, 2.45) is 0 Å². The summed E-state index contributed by atoms with van der Waals surface area (Å²) in [6.07, 6.45) is -3.05. The topological polar surface area (TPSA) is 60.6 Å². The predicted octanol–water partition coefficient (Wildman–Crippen LogP) is 5.34. The van der Waals surface area contributed by atoms with Crippen LogP contribution < -0.4 is 9.47 Å². The van der Waals surface area contributed by atoms with Gasteiger partial charge in [0.1, 0.15) is 0 Å². The molecule has 32 heavy (non-hydrogen) atoms. The largest absolute Gasteiger partial charge is 0.493 e. The Kier molecular flexibility index (Phi) is 6.28. The van der Waals surface area contributed by atoms with E-state index in [9.17, 15) is 13.2 Å². The number of alkyl halides is 3. The average molecular weight is 449 g/mol. The number of pyridine rings is 1. The molecule has 1 fully saturated rings. The minimum absolute atomic E-state index is 0.0450. The van der Waals surface area contributed by atoms with Crippen molar-refractivity contribution < 1.29 is 27.2 Å². The number of methoxy groups -OCH3 is 1. The smallest absolute Gasteiger partial charge is 0.417 e. The Morgan fingerprint density at radius 2 is 1.91 bits per heavy atom. The number of hydrogen-bond acceptors (Lipinski definition) is 6. The average Bonchev–Trinajstić information content (AvgIpc) is 3.14. The zero-order valence-electron chi connectivity index (χ0n) is 18.3. The summed E-state index contributed by atoms with van der Waals surface area (Å²) in [6, 6.07) is 7.05. The predicted molar refractivity (Wildman–Crippen MR) is 113 cm³/mol. The highest BCUT2D eigenvalue weighted by atomic mass is 19.4. The van der Waals surface area contributed by atoms with Crippen LogP contribution in [0.3, 0.4) is 0 Å². The highest BCUT2D eigenvalue weighted by molar-refractivity contribution is 5.80. The van der Waals surface area contributed by atoms with Crippen molar-refractivity contribution in [2.75, 3.05) is 26.8 Å². The third kappa shape index (κ3) is 4.53. The summed E-state index contributed by atoms with van der Waals surface area (Å²) in [4.78, 5) is 6.66. The van der Waals surface area contributed by atoms with Crippen LogP contribution in [0.2, 0.25) is 0 Å². The molecule has 4 rings (SSSR count). The van der Waals surface area contributed by atoms with E-state index in [4.69, 9.17) is 14.0 Å². The van der Waals surface area contributed by atoms with Crippen molar-refractivity contribution >= 4 is 11.1 Å². The van der Waals surface area contributed by atoms with Crippen molar-refractivity contribution in [3.63, 3.8) is 0 Å². The van der Waals surface area contributed by atoms with Gasteiger partial charge in [-0.25, -0.2) is 4.98 Å². The van der Waals surface area contributed by atoms with Gasteiger partial charge in [0.15, 0.2) is 11.5 Å². The standard InChI is InChI=1S/C23H26F3N3O3/c1-4-31-20-11-15(5-6-19(20)30-3)13-29-9-7-16(8-10-29)18-12-17(23(24,25)26)21-14(2)28-32-22(21)27-18/h5-6,11-12,16H,4,7-10,13H2,1-3H3. The Bertz CT molecular complexity index is 1090. The maximum absolute atomic E-state index is 13.6. The highest BCUT2D eigenvalue weighted by Crippen LogP contribution is 2.39. The first-order valence-corrected chi connectivity index (χ1v) is 10.7. The fourth-order valence-corrected chi connectivity index (χ4v) is 4.28. The number of likely N-dealkylation sites (tertiary alicyclic amines) is 1. The number of halogens is 3. The van der Waals surface area contributed by atoms with Crippen LogP contribution in [0.15, 0.2) is 28.8 Å². The van der Waals surface area contributed by atoms with Gasteiger partial charge in [-0.15, -0.1) is 0 Å². The van der Waals surface area contributed by atoms with E-state index in [1.165, 1.54) is 13.0 Å². The number of aryl methyl sites for hydroxylation is 1. The van der Waals surface area contributed by atoms with Crippen LogP contribution in [-0.2, 0) is 12.7 Å². The Morgan fingerprint density at radius 3 is 2.56 bits per heavy atom. The number of fused-ring (bicyclic) bond motifs is 1. The molecule has 0 bridgehead atoms. The second-order valence-corrected chi connectivity index (χ2v) is 8.01. The van der Waals surface area contributed by atoms with Gasteiger partial charge in [-0.2, -0.15) is 13.2 Å². The lowest BCUT2D eigenvalue weighted by atomic mass is 9.91. The molecule has 6 nitrogen and oxygen atoms in total. The second kappa shape index (κ2) is 8.97. The summed E-state index contributed by atoms with van der Waals surface area (Å²) in [5.41, 5.74) is 0.955. The van der Waals surface area contributed by atoms with E-state index in [-0.39, 0.29) is 22.7 Å². The third-order valence-electron chi connectivity index (χ3n) is 5.88. The number of nitrogens with zero attached hydrogens (tertiary/aromatic N) is 3. The van der Waals surface area contributed by atoms with Crippen molar-refractivity contribution in [3.8, 4) is 11.5 Å². The SMILES string of the molecule is CCOc1cc(CN2CCC(c3cc(C(F)(F)F)c4c(C)noc4n3)CC2)ccc1OC. The van der Waals surface area contributed by atoms with Crippen LogP contribution >= 0.6 is 0 Å². The van der Waals surface area contributed by atoms with Gasteiger partial charge < -0.3 is 14.0 Å². The first kappa shape index (κ1) is 22.4. The summed E-state index contributed by atoms with van der Waals surface area (Å²) in [6.45, 7) is 6.23. The molecular weight excluding hydrogens is 423 g/mol. The van der Waals surface area contributed by atoms with Crippen LogP contribution in [0.1, 0.15) is 48.2 Å². The van der Waals surface area contributed by atoms with Gasteiger partial charge in [-0.1, -0.05) is 11.2 Å². The molecule has 1 saturated heterocycles. The zero-order chi connectivity index (χ0) is 22.9. The number of ether oxygens (including phenoxy) is 2. The molecule has 1 aliphatic heterocycles. The van der Waals surface area contributed by atoms with E-state index in [0.29, 0.717) is 23.8 Å². The minimum Gasteiger partial charge on any atom is -0.493 e. The number of aromatic nitrogens is 2. The molecule has 0 aliphatic carbocycles. The van der Waals surface area contributed by atoms with Crippen molar-refractivity contribution in [2.45, 2.75) is 45.3 Å². The van der Waals surface area contributed by atoms with Crippen LogP contribution in [-0.4, -0.2) is 41.8 Å². The molecular formula is C23H26F3N3O3. The number of piperidine rings is 1. The summed E-state index contributed by atoms with van der Waals surface area (Å²) in [5.74, 6) is 1.35. The molecule has 0 atom stereocenters. The molecule has 1 aliphatic rings. The van der Waals surface area contributed by atoms with Gasteiger partial charge in [0.2, 0.25) is 0 Å². The highest BCUT2D eigenvalue weighted by Gasteiger charge is 2.36. The summed E-state index contributed by atoms with van der Waals surface area (Å²) in [5, 5.41) is 3.63. The molecule has 172 valence electrons. The first-order valence-electron chi connectivity index (χ1n) is 10.7. The quantitative estimate of drug-likeness (QED) is 0.507. The molecule has 0 radical (unpaired) electrons. The summed E-state index contributed by atoms with van der Waals surface area (Å²) >= 11 is 0. The molecule has 2 aromatic heterocycles. The molecule has 0 N–H and O–H groups in total. The lowest BCUT2D eigenvalue weighted by Gasteiger charge is -2.32. The van der Waals surface area contributed by atoms with Crippen LogP contribution in [0.4, 0.5) is 13.2 Å². The van der Waals surface area contributed by atoms with E-state index >= 15 is 0 Å². The van der Waals surface area contributed by atoms with Crippen LogP contribution in [0.25, 0.3) is 11.1 Å². The molecule has 0 saturated carbocycles. The van der Waals surface area contributed by atoms with Gasteiger partial charge in [0, 0.05) is 18.2 Å². The fourth-order valence-electron chi connectivity index (χ4n) is 4.28. The zero-order valence-corrected chi connectivity index (χ0v) is 18.3. The normalized spacial score (nSPS) is 15.9. The van der Waals surface area contributed by atoms with Gasteiger partial charge in [0.25, 0.3) is 5.71 Å². The molecule has 9 heteroatoms. The van der Waals surface area contributed by atoms with Crippen molar-refractivity contribution in [1.82, 2.24) is 15.0 Å².